The quantitative estimate of drug-likeness (QED) is 0.341. The lowest BCUT2D eigenvalue weighted by Crippen LogP contribution is -2.17. The third-order valence-corrected chi connectivity index (χ3v) is 5.11. The van der Waals surface area contributed by atoms with Crippen LogP contribution in [0, 0.1) is 11.6 Å². The molecular formula is C25H22F2N4O6. The van der Waals surface area contributed by atoms with Crippen molar-refractivity contribution in [3.05, 3.63) is 66.1 Å². The molecule has 37 heavy (non-hydrogen) atoms. The van der Waals surface area contributed by atoms with Crippen LogP contribution in [0.15, 0.2) is 48.9 Å². The fraction of sp³-hybridized carbons (Fsp3) is 0.200. The van der Waals surface area contributed by atoms with Gasteiger partial charge in [-0.2, -0.15) is 0 Å². The fourth-order valence-electron chi connectivity index (χ4n) is 3.32. The van der Waals surface area contributed by atoms with Crippen LogP contribution < -0.4 is 24.3 Å². The van der Waals surface area contributed by atoms with Gasteiger partial charge in [-0.05, 0) is 13.0 Å². The average Bonchev–Trinajstić information content (AvgIpc) is 2.90. The average molecular weight is 512 g/mol. The first-order valence-corrected chi connectivity index (χ1v) is 10.9. The van der Waals surface area contributed by atoms with E-state index in [9.17, 15) is 18.7 Å². The molecule has 1 atom stereocenters. The van der Waals surface area contributed by atoms with E-state index in [1.165, 1.54) is 51.0 Å². The molecule has 12 heteroatoms. The molecule has 0 spiro atoms. The summed E-state index contributed by atoms with van der Waals surface area (Å²) in [6.45, 7) is 1.35. The normalized spacial score (nSPS) is 11.6. The number of aliphatic hydroxyl groups is 1. The Hall–Kier alpha value is -4.58. The van der Waals surface area contributed by atoms with Crippen LogP contribution in [-0.2, 0) is 0 Å². The van der Waals surface area contributed by atoms with E-state index in [1.54, 1.807) is 6.92 Å². The highest BCUT2D eigenvalue weighted by atomic mass is 19.1. The maximum atomic E-state index is 14.9. The number of rotatable bonds is 9. The van der Waals surface area contributed by atoms with Gasteiger partial charge >= 0.3 is 0 Å². The van der Waals surface area contributed by atoms with Gasteiger partial charge in [0, 0.05) is 48.5 Å². The van der Waals surface area contributed by atoms with Crippen molar-refractivity contribution in [3.63, 3.8) is 0 Å². The Morgan fingerprint density at radius 3 is 2.43 bits per heavy atom. The molecule has 4 aromatic rings. The lowest BCUT2D eigenvalue weighted by atomic mass is 10.2. The number of fused-ring (bicyclic) bond motifs is 1. The molecule has 3 heterocycles. The lowest BCUT2D eigenvalue weighted by molar-refractivity contribution is 0.102. The third kappa shape index (κ3) is 5.48. The van der Waals surface area contributed by atoms with Gasteiger partial charge in [-0.3, -0.25) is 14.8 Å². The first-order valence-electron chi connectivity index (χ1n) is 10.9. The summed E-state index contributed by atoms with van der Waals surface area (Å²) in [7, 11) is 2.79. The Kier molecular flexibility index (Phi) is 7.58. The summed E-state index contributed by atoms with van der Waals surface area (Å²) in [5.74, 6) is -3.00. The topological polar surface area (TPSA) is 125 Å². The highest BCUT2D eigenvalue weighted by Crippen LogP contribution is 2.36. The number of carbonyl (C=O) groups excluding carboxylic acids is 1. The Labute approximate surface area is 209 Å². The number of aliphatic hydroxyl groups excluding tert-OH is 1. The molecular weight excluding hydrogens is 490 g/mol. The van der Waals surface area contributed by atoms with Gasteiger partial charge in [0.15, 0.2) is 28.9 Å². The molecule has 0 radical (unpaired) electrons. The molecule has 0 aliphatic rings. The lowest BCUT2D eigenvalue weighted by Gasteiger charge is -2.16. The largest absolute Gasteiger partial charge is 0.496 e. The van der Waals surface area contributed by atoms with Crippen LogP contribution in [0.2, 0.25) is 0 Å². The Morgan fingerprint density at radius 2 is 1.76 bits per heavy atom. The zero-order chi connectivity index (χ0) is 26.5. The van der Waals surface area contributed by atoms with Crippen molar-refractivity contribution < 1.29 is 37.6 Å². The number of anilines is 1. The molecule has 0 aliphatic carbocycles. The van der Waals surface area contributed by atoms with E-state index < -0.39 is 29.4 Å². The van der Waals surface area contributed by atoms with Crippen LogP contribution in [-0.4, -0.2) is 52.9 Å². The number of nitrogens with one attached hydrogen (secondary N) is 1. The number of pyridine rings is 3. The van der Waals surface area contributed by atoms with Crippen molar-refractivity contribution in [2.24, 2.45) is 0 Å². The van der Waals surface area contributed by atoms with E-state index in [1.807, 2.05) is 0 Å². The van der Waals surface area contributed by atoms with E-state index >= 15 is 0 Å². The van der Waals surface area contributed by atoms with Gasteiger partial charge in [0.1, 0.15) is 17.4 Å². The van der Waals surface area contributed by atoms with Crippen molar-refractivity contribution in [2.75, 3.05) is 26.1 Å². The second kappa shape index (κ2) is 11.0. The van der Waals surface area contributed by atoms with Crippen LogP contribution in [0.1, 0.15) is 17.3 Å². The highest BCUT2D eigenvalue weighted by molar-refractivity contribution is 6.06. The predicted molar refractivity (Wildman–Crippen MR) is 128 cm³/mol. The van der Waals surface area contributed by atoms with Crippen LogP contribution in [0.25, 0.3) is 11.0 Å². The number of hydrogen-bond donors (Lipinski definition) is 2. The number of halogens is 2. The van der Waals surface area contributed by atoms with Gasteiger partial charge < -0.3 is 29.4 Å². The Morgan fingerprint density at radius 1 is 1.05 bits per heavy atom. The molecule has 10 nitrogen and oxygen atoms in total. The summed E-state index contributed by atoms with van der Waals surface area (Å²) in [5.41, 5.74) is 0.399. The summed E-state index contributed by atoms with van der Waals surface area (Å²) in [4.78, 5) is 24.9. The highest BCUT2D eigenvalue weighted by Gasteiger charge is 2.20. The second-order valence-electron chi connectivity index (χ2n) is 7.68. The summed E-state index contributed by atoms with van der Waals surface area (Å²) in [5, 5.41) is 11.7. The fourth-order valence-corrected chi connectivity index (χ4v) is 3.32. The van der Waals surface area contributed by atoms with Crippen LogP contribution in [0.4, 0.5) is 14.5 Å². The molecule has 192 valence electrons. The molecule has 1 aromatic carbocycles. The molecule has 4 rings (SSSR count). The van der Waals surface area contributed by atoms with Gasteiger partial charge in [-0.15, -0.1) is 0 Å². The van der Waals surface area contributed by atoms with Crippen molar-refractivity contribution >= 4 is 22.6 Å². The molecule has 0 fully saturated rings. The number of aromatic nitrogens is 3. The number of benzene rings is 1. The van der Waals surface area contributed by atoms with Gasteiger partial charge in [0.25, 0.3) is 11.8 Å². The number of carbonyl (C=O) groups is 1. The smallest absolute Gasteiger partial charge is 0.261 e. The van der Waals surface area contributed by atoms with Crippen LogP contribution in [0.5, 0.6) is 28.9 Å². The molecule has 0 saturated carbocycles. The minimum absolute atomic E-state index is 0.0103. The molecule has 0 bridgehead atoms. The summed E-state index contributed by atoms with van der Waals surface area (Å²) < 4.78 is 51.4. The van der Waals surface area contributed by atoms with E-state index in [2.05, 4.69) is 20.3 Å². The first kappa shape index (κ1) is 25.5. The minimum atomic E-state index is -1.07. The molecule has 3 aromatic heterocycles. The summed E-state index contributed by atoms with van der Waals surface area (Å²) in [6.07, 6.45) is 3.50. The maximum absolute atomic E-state index is 14.9. The molecule has 2 N–H and O–H groups in total. The van der Waals surface area contributed by atoms with Gasteiger partial charge in [-0.25, -0.2) is 13.8 Å². The molecule has 1 unspecified atom stereocenters. The van der Waals surface area contributed by atoms with E-state index in [0.717, 1.165) is 12.1 Å². The number of amides is 1. The van der Waals surface area contributed by atoms with Crippen molar-refractivity contribution in [2.45, 2.75) is 13.0 Å². The third-order valence-electron chi connectivity index (χ3n) is 5.11. The monoisotopic (exact) mass is 512 g/mol. The summed E-state index contributed by atoms with van der Waals surface area (Å²) >= 11 is 0. The van der Waals surface area contributed by atoms with Crippen LogP contribution >= 0.6 is 0 Å². The number of ether oxygens (including phenoxy) is 4. The van der Waals surface area contributed by atoms with E-state index in [0.29, 0.717) is 5.52 Å². The van der Waals surface area contributed by atoms with Crippen molar-refractivity contribution in [1.82, 2.24) is 15.0 Å². The first-order chi connectivity index (χ1) is 17.8. The van der Waals surface area contributed by atoms with Gasteiger partial charge in [-0.1, -0.05) is 0 Å². The molecule has 1 amide bonds. The minimum Gasteiger partial charge on any atom is -0.496 e. The summed E-state index contributed by atoms with van der Waals surface area (Å²) in [6, 6.07) is 6.21. The number of hydrogen-bond acceptors (Lipinski definition) is 9. The van der Waals surface area contributed by atoms with Gasteiger partial charge in [0.2, 0.25) is 0 Å². The predicted octanol–water partition coefficient (Wildman–Crippen LogP) is 4.12. The Bertz CT molecular complexity index is 1430. The molecule has 0 saturated heterocycles. The standard InChI is InChI=1S/C25H22F2N4O6/c1-13(12-32)36-25-21(35-3)10-18-22(31-25)20(5-7-29-18)37-23-16(26)8-14(9-17(23)27)30-24(33)15-11-28-6-4-19(15)34-2/h4-11,13,32H,12H2,1-3H3,(H,30,33). The van der Waals surface area contributed by atoms with Gasteiger partial charge in [0.05, 0.1) is 31.9 Å². The van der Waals surface area contributed by atoms with E-state index in [-0.39, 0.29) is 46.5 Å². The van der Waals surface area contributed by atoms with E-state index in [4.69, 9.17) is 18.9 Å². The molecule has 0 aliphatic heterocycles. The van der Waals surface area contributed by atoms with Crippen LogP contribution in [0.3, 0.4) is 0 Å². The Balaban J connectivity index is 1.65. The van der Waals surface area contributed by atoms with Crippen molar-refractivity contribution in [1.29, 1.82) is 0 Å². The maximum Gasteiger partial charge on any atom is 0.261 e. The zero-order valence-corrected chi connectivity index (χ0v) is 20.0. The second-order valence-corrected chi connectivity index (χ2v) is 7.68. The number of nitrogens with zero attached hydrogens (tertiary/aromatic N) is 3. The van der Waals surface area contributed by atoms with Crippen molar-refractivity contribution in [3.8, 4) is 28.9 Å². The SMILES string of the molecule is COc1ccncc1C(=O)Nc1cc(F)c(Oc2ccnc3cc(OC)c(OC(C)CO)nc23)c(F)c1. The zero-order valence-electron chi connectivity index (χ0n) is 20.0. The number of methoxy groups -OCH3 is 2.